The molecule has 5 heteroatoms. The number of nitrogens with one attached hydrogen (secondary N) is 1. The van der Waals surface area contributed by atoms with E-state index in [2.05, 4.69) is 33.0 Å². The van der Waals surface area contributed by atoms with Crippen molar-refractivity contribution in [3.63, 3.8) is 0 Å². The summed E-state index contributed by atoms with van der Waals surface area (Å²) in [4.78, 5) is 1.43. The molecule has 1 fully saturated rings. The van der Waals surface area contributed by atoms with Crippen LogP contribution >= 0.6 is 22.7 Å². The molecule has 2 aromatic heterocycles. The minimum Gasteiger partial charge on any atom is -0.352 e. The van der Waals surface area contributed by atoms with Crippen molar-refractivity contribution in [1.82, 2.24) is 10.2 Å². The second-order valence-electron chi connectivity index (χ2n) is 4.81. The fourth-order valence-corrected chi connectivity index (χ4v) is 4.17. The quantitative estimate of drug-likeness (QED) is 0.909. The van der Waals surface area contributed by atoms with Crippen LogP contribution in [0, 0.1) is 12.8 Å². The molecule has 2 aromatic rings. The smallest absolute Gasteiger partial charge is 0.206 e. The topological polar surface area (TPSA) is 37.8 Å². The van der Waals surface area contributed by atoms with Gasteiger partial charge in [-0.15, -0.1) is 21.5 Å². The molecule has 3 nitrogen and oxygen atoms in total. The second-order valence-corrected chi connectivity index (χ2v) is 6.97. The summed E-state index contributed by atoms with van der Waals surface area (Å²) in [5.41, 5.74) is 0. The van der Waals surface area contributed by atoms with Crippen molar-refractivity contribution in [2.24, 2.45) is 5.92 Å². The van der Waals surface area contributed by atoms with Gasteiger partial charge in [-0.1, -0.05) is 30.2 Å². The van der Waals surface area contributed by atoms with Crippen molar-refractivity contribution in [3.05, 3.63) is 27.4 Å². The average molecular weight is 279 g/mol. The Hall–Kier alpha value is -0.940. The minimum atomic E-state index is 0.417. The highest BCUT2D eigenvalue weighted by Crippen LogP contribution is 2.39. The van der Waals surface area contributed by atoms with Gasteiger partial charge in [0.1, 0.15) is 5.01 Å². The van der Waals surface area contributed by atoms with E-state index in [9.17, 15) is 0 Å². The van der Waals surface area contributed by atoms with Crippen molar-refractivity contribution in [3.8, 4) is 0 Å². The summed E-state index contributed by atoms with van der Waals surface area (Å²) < 4.78 is 0. The van der Waals surface area contributed by atoms with Gasteiger partial charge in [0.15, 0.2) is 0 Å². The van der Waals surface area contributed by atoms with Gasteiger partial charge in [0.05, 0.1) is 6.04 Å². The Morgan fingerprint density at radius 2 is 2.17 bits per heavy atom. The summed E-state index contributed by atoms with van der Waals surface area (Å²) in [5, 5.41) is 16.0. The molecule has 0 saturated heterocycles. The van der Waals surface area contributed by atoms with Crippen molar-refractivity contribution in [2.45, 2.75) is 38.6 Å². The Balaban J connectivity index is 1.81. The van der Waals surface area contributed by atoms with Crippen LogP contribution in [0.2, 0.25) is 0 Å². The zero-order chi connectivity index (χ0) is 12.4. The summed E-state index contributed by atoms with van der Waals surface area (Å²) >= 11 is 3.48. The molecule has 96 valence electrons. The van der Waals surface area contributed by atoms with E-state index < -0.39 is 0 Å². The number of thiophene rings is 1. The maximum absolute atomic E-state index is 4.20. The number of nitrogens with zero attached hydrogens (tertiary/aromatic N) is 2. The number of hydrogen-bond acceptors (Lipinski definition) is 5. The van der Waals surface area contributed by atoms with Gasteiger partial charge in [0.25, 0.3) is 0 Å². The van der Waals surface area contributed by atoms with Gasteiger partial charge in [-0.05, 0) is 37.1 Å². The summed E-state index contributed by atoms with van der Waals surface area (Å²) in [6.45, 7) is 2.00. The second kappa shape index (κ2) is 5.36. The van der Waals surface area contributed by atoms with Gasteiger partial charge in [0, 0.05) is 4.88 Å². The van der Waals surface area contributed by atoms with E-state index in [1.165, 1.54) is 30.6 Å². The largest absolute Gasteiger partial charge is 0.352 e. The first kappa shape index (κ1) is 12.1. The molecule has 3 rings (SSSR count). The molecule has 18 heavy (non-hydrogen) atoms. The maximum Gasteiger partial charge on any atom is 0.206 e. The van der Waals surface area contributed by atoms with Crippen LogP contribution in [0.3, 0.4) is 0 Å². The van der Waals surface area contributed by atoms with Crippen LogP contribution in [-0.2, 0) is 0 Å². The third-order valence-corrected chi connectivity index (χ3v) is 5.25. The van der Waals surface area contributed by atoms with Crippen molar-refractivity contribution < 1.29 is 0 Å². The summed E-state index contributed by atoms with van der Waals surface area (Å²) in [6.07, 6.45) is 5.38. The number of rotatable bonds is 4. The van der Waals surface area contributed by atoms with Gasteiger partial charge in [-0.25, -0.2) is 0 Å². The fourth-order valence-electron chi connectivity index (χ4n) is 2.67. The molecule has 0 radical (unpaired) electrons. The third kappa shape index (κ3) is 2.57. The normalized spacial score (nSPS) is 18.1. The van der Waals surface area contributed by atoms with Crippen molar-refractivity contribution in [2.75, 3.05) is 5.32 Å². The molecule has 0 spiro atoms. The SMILES string of the molecule is Cc1nnc(NC(c2cccs2)C2CCCC2)s1. The predicted octanol–water partition coefficient (Wildman–Crippen LogP) is 4.25. The lowest BCUT2D eigenvalue weighted by Gasteiger charge is -2.23. The van der Waals surface area contributed by atoms with Crippen LogP contribution in [0.1, 0.15) is 41.6 Å². The molecule has 1 aliphatic carbocycles. The molecular weight excluding hydrogens is 262 g/mol. The highest BCUT2D eigenvalue weighted by atomic mass is 32.1. The fraction of sp³-hybridized carbons (Fsp3) is 0.538. The zero-order valence-corrected chi connectivity index (χ0v) is 12.1. The molecule has 0 aliphatic heterocycles. The summed E-state index contributed by atoms with van der Waals surface area (Å²) in [5.74, 6) is 0.743. The lowest BCUT2D eigenvalue weighted by molar-refractivity contribution is 0.475. The standard InChI is InChI=1S/C13H17N3S2/c1-9-15-16-13(18-9)14-12(10-5-2-3-6-10)11-7-4-8-17-11/h4,7-8,10,12H,2-3,5-6H2,1H3,(H,14,16). The van der Waals surface area contributed by atoms with Gasteiger partial charge in [-0.2, -0.15) is 0 Å². The van der Waals surface area contributed by atoms with Crippen LogP contribution in [0.4, 0.5) is 5.13 Å². The van der Waals surface area contributed by atoms with Crippen LogP contribution < -0.4 is 5.32 Å². The Morgan fingerprint density at radius 1 is 1.33 bits per heavy atom. The Morgan fingerprint density at radius 3 is 2.78 bits per heavy atom. The number of aryl methyl sites for hydroxylation is 1. The maximum atomic E-state index is 4.20. The monoisotopic (exact) mass is 279 g/mol. The molecule has 2 heterocycles. The Kier molecular flexibility index (Phi) is 3.61. The van der Waals surface area contributed by atoms with E-state index in [0.717, 1.165) is 16.1 Å². The molecule has 1 aliphatic rings. The number of anilines is 1. The van der Waals surface area contributed by atoms with Gasteiger partial charge < -0.3 is 5.32 Å². The van der Waals surface area contributed by atoms with E-state index in [1.807, 2.05) is 18.3 Å². The van der Waals surface area contributed by atoms with Gasteiger partial charge in [-0.3, -0.25) is 0 Å². The molecule has 1 N–H and O–H groups in total. The van der Waals surface area contributed by atoms with Crippen LogP contribution in [0.5, 0.6) is 0 Å². The van der Waals surface area contributed by atoms with E-state index in [4.69, 9.17) is 0 Å². The van der Waals surface area contributed by atoms with E-state index in [-0.39, 0.29) is 0 Å². The molecule has 0 aromatic carbocycles. The van der Waals surface area contributed by atoms with Gasteiger partial charge in [0.2, 0.25) is 5.13 Å². The number of hydrogen-bond donors (Lipinski definition) is 1. The van der Waals surface area contributed by atoms with Crippen molar-refractivity contribution >= 4 is 27.8 Å². The van der Waals surface area contributed by atoms with Crippen LogP contribution in [0.25, 0.3) is 0 Å². The van der Waals surface area contributed by atoms with Crippen LogP contribution in [0.15, 0.2) is 17.5 Å². The molecule has 1 saturated carbocycles. The van der Waals surface area contributed by atoms with E-state index in [1.54, 1.807) is 11.3 Å². The predicted molar refractivity (Wildman–Crippen MR) is 77.3 cm³/mol. The molecule has 1 unspecified atom stereocenters. The lowest BCUT2D eigenvalue weighted by Crippen LogP contribution is -2.17. The van der Waals surface area contributed by atoms with Gasteiger partial charge >= 0.3 is 0 Å². The number of aromatic nitrogens is 2. The molecule has 0 amide bonds. The molecular formula is C13H17N3S2. The first-order valence-corrected chi connectivity index (χ1v) is 8.12. The van der Waals surface area contributed by atoms with E-state index in [0.29, 0.717) is 6.04 Å². The zero-order valence-electron chi connectivity index (χ0n) is 10.4. The van der Waals surface area contributed by atoms with Crippen molar-refractivity contribution in [1.29, 1.82) is 0 Å². The minimum absolute atomic E-state index is 0.417. The van der Waals surface area contributed by atoms with E-state index >= 15 is 0 Å². The molecule has 0 bridgehead atoms. The third-order valence-electron chi connectivity index (χ3n) is 3.53. The first-order valence-electron chi connectivity index (χ1n) is 6.43. The highest BCUT2D eigenvalue weighted by Gasteiger charge is 2.27. The Bertz CT molecular complexity index is 486. The molecule has 1 atom stereocenters. The first-order chi connectivity index (χ1) is 8.83. The lowest BCUT2D eigenvalue weighted by atomic mass is 9.97. The summed E-state index contributed by atoms with van der Waals surface area (Å²) in [6, 6.07) is 4.78. The average Bonchev–Trinajstić information content (AvgIpc) is 3.09. The Labute approximate surface area is 115 Å². The summed E-state index contributed by atoms with van der Waals surface area (Å²) in [7, 11) is 0. The highest BCUT2D eigenvalue weighted by molar-refractivity contribution is 7.15. The van der Waals surface area contributed by atoms with Crippen LogP contribution in [-0.4, -0.2) is 10.2 Å².